The van der Waals surface area contributed by atoms with Crippen LogP contribution >= 0.6 is 0 Å². The van der Waals surface area contributed by atoms with Gasteiger partial charge in [0.05, 0.1) is 19.2 Å². The Morgan fingerprint density at radius 3 is 2.89 bits per heavy atom. The van der Waals surface area contributed by atoms with Crippen LogP contribution in [0, 0.1) is 6.92 Å². The summed E-state index contributed by atoms with van der Waals surface area (Å²) in [4.78, 5) is 10.8. The zero-order valence-corrected chi connectivity index (χ0v) is 10.3. The Morgan fingerprint density at radius 2 is 2.22 bits per heavy atom. The van der Waals surface area contributed by atoms with Gasteiger partial charge in [-0.3, -0.25) is 4.79 Å². The van der Waals surface area contributed by atoms with Crippen molar-refractivity contribution in [1.29, 1.82) is 0 Å². The van der Waals surface area contributed by atoms with Crippen molar-refractivity contribution < 1.29 is 14.6 Å². The summed E-state index contributed by atoms with van der Waals surface area (Å²) < 4.78 is 6.87. The first-order chi connectivity index (χ1) is 8.61. The van der Waals surface area contributed by atoms with Gasteiger partial charge in [-0.1, -0.05) is 6.07 Å². The van der Waals surface area contributed by atoms with Gasteiger partial charge in [0.1, 0.15) is 11.4 Å². The molecular weight excluding hydrogens is 232 g/mol. The Hall–Kier alpha value is -2.30. The number of hydrogen-bond acceptors (Lipinski definition) is 3. The van der Waals surface area contributed by atoms with Crippen LogP contribution in [0.2, 0.25) is 0 Å². The minimum absolute atomic E-state index is 0.0723. The summed E-state index contributed by atoms with van der Waals surface area (Å²) in [5.41, 5.74) is 2.42. The molecule has 0 aliphatic heterocycles. The van der Waals surface area contributed by atoms with Crippen molar-refractivity contribution in [3.05, 3.63) is 41.7 Å². The van der Waals surface area contributed by atoms with Gasteiger partial charge in [0, 0.05) is 6.20 Å². The smallest absolute Gasteiger partial charge is 0.309 e. The standard InChI is InChI=1S/C13H14N2O3/c1-9-3-4-12(18-2)11(7-9)15-10(5-6-14-15)8-13(16)17/h3-7H,8H2,1-2H3,(H,16,17). The Balaban J connectivity index is 2.51. The average Bonchev–Trinajstić information content (AvgIpc) is 2.76. The number of carboxylic acids is 1. The number of methoxy groups -OCH3 is 1. The molecule has 1 aromatic heterocycles. The molecule has 0 aliphatic rings. The Labute approximate surface area is 105 Å². The van der Waals surface area contributed by atoms with E-state index in [4.69, 9.17) is 9.84 Å². The second kappa shape index (κ2) is 4.91. The molecule has 0 bridgehead atoms. The molecule has 1 aromatic carbocycles. The molecule has 0 fully saturated rings. The van der Waals surface area contributed by atoms with E-state index >= 15 is 0 Å². The lowest BCUT2D eigenvalue weighted by atomic mass is 10.2. The fourth-order valence-electron chi connectivity index (χ4n) is 1.80. The Bertz CT molecular complexity index is 575. The number of hydrogen-bond donors (Lipinski definition) is 1. The molecule has 0 saturated carbocycles. The quantitative estimate of drug-likeness (QED) is 0.893. The second-order valence-electron chi connectivity index (χ2n) is 3.98. The molecular formula is C13H14N2O3. The van der Waals surface area contributed by atoms with Crippen LogP contribution in [0.1, 0.15) is 11.3 Å². The minimum atomic E-state index is -0.886. The Kier molecular flexibility index (Phi) is 3.32. The summed E-state index contributed by atoms with van der Waals surface area (Å²) in [6, 6.07) is 7.38. The third-order valence-corrected chi connectivity index (χ3v) is 2.62. The van der Waals surface area contributed by atoms with Crippen LogP contribution in [0.25, 0.3) is 5.69 Å². The number of benzene rings is 1. The molecule has 0 aliphatic carbocycles. The molecule has 5 heteroatoms. The van der Waals surface area contributed by atoms with Gasteiger partial charge in [-0.25, -0.2) is 4.68 Å². The van der Waals surface area contributed by atoms with Crippen LogP contribution in [-0.4, -0.2) is 28.0 Å². The van der Waals surface area contributed by atoms with Crippen LogP contribution in [0.15, 0.2) is 30.5 Å². The summed E-state index contributed by atoms with van der Waals surface area (Å²) in [5, 5.41) is 13.0. The lowest BCUT2D eigenvalue weighted by Crippen LogP contribution is -2.09. The highest BCUT2D eigenvalue weighted by atomic mass is 16.5. The summed E-state index contributed by atoms with van der Waals surface area (Å²) in [6.45, 7) is 1.96. The highest BCUT2D eigenvalue weighted by Crippen LogP contribution is 2.24. The topological polar surface area (TPSA) is 64.4 Å². The molecule has 0 unspecified atom stereocenters. The fourth-order valence-corrected chi connectivity index (χ4v) is 1.80. The van der Waals surface area contributed by atoms with Crippen molar-refractivity contribution >= 4 is 5.97 Å². The summed E-state index contributed by atoms with van der Waals surface area (Å²) >= 11 is 0. The molecule has 0 saturated heterocycles. The number of aryl methyl sites for hydroxylation is 1. The van der Waals surface area contributed by atoms with E-state index in [2.05, 4.69) is 5.10 Å². The molecule has 2 aromatic rings. The minimum Gasteiger partial charge on any atom is -0.494 e. The molecule has 1 heterocycles. The lowest BCUT2D eigenvalue weighted by Gasteiger charge is -2.11. The van der Waals surface area contributed by atoms with Crippen molar-refractivity contribution in [2.45, 2.75) is 13.3 Å². The third kappa shape index (κ3) is 2.34. The number of ether oxygens (including phenoxy) is 1. The van der Waals surface area contributed by atoms with Gasteiger partial charge >= 0.3 is 5.97 Å². The maximum absolute atomic E-state index is 10.8. The highest BCUT2D eigenvalue weighted by Gasteiger charge is 2.12. The zero-order valence-electron chi connectivity index (χ0n) is 10.3. The fraction of sp³-hybridized carbons (Fsp3) is 0.231. The third-order valence-electron chi connectivity index (χ3n) is 2.62. The van der Waals surface area contributed by atoms with E-state index in [9.17, 15) is 4.79 Å². The van der Waals surface area contributed by atoms with Crippen molar-refractivity contribution in [3.63, 3.8) is 0 Å². The largest absolute Gasteiger partial charge is 0.494 e. The number of aromatic nitrogens is 2. The number of aliphatic carboxylic acids is 1. The molecule has 1 N–H and O–H groups in total. The van der Waals surface area contributed by atoms with Crippen molar-refractivity contribution in [1.82, 2.24) is 9.78 Å². The highest BCUT2D eigenvalue weighted by molar-refractivity contribution is 5.70. The van der Waals surface area contributed by atoms with Crippen molar-refractivity contribution in [3.8, 4) is 11.4 Å². The SMILES string of the molecule is COc1ccc(C)cc1-n1nccc1CC(=O)O. The summed E-state index contributed by atoms with van der Waals surface area (Å²) in [5.74, 6) is -0.223. The maximum Gasteiger partial charge on any atom is 0.309 e. The first-order valence-electron chi connectivity index (χ1n) is 5.51. The van der Waals surface area contributed by atoms with E-state index in [0.717, 1.165) is 11.3 Å². The second-order valence-corrected chi connectivity index (χ2v) is 3.98. The van der Waals surface area contributed by atoms with E-state index in [1.54, 1.807) is 24.1 Å². The van der Waals surface area contributed by atoms with Crippen LogP contribution in [-0.2, 0) is 11.2 Å². The lowest BCUT2D eigenvalue weighted by molar-refractivity contribution is -0.136. The van der Waals surface area contributed by atoms with E-state index in [1.165, 1.54) is 0 Å². The van der Waals surface area contributed by atoms with Crippen LogP contribution in [0.4, 0.5) is 0 Å². The van der Waals surface area contributed by atoms with E-state index < -0.39 is 5.97 Å². The van der Waals surface area contributed by atoms with E-state index in [-0.39, 0.29) is 6.42 Å². The predicted molar refractivity (Wildman–Crippen MR) is 66.2 cm³/mol. The normalized spacial score (nSPS) is 10.3. The molecule has 94 valence electrons. The molecule has 18 heavy (non-hydrogen) atoms. The monoisotopic (exact) mass is 246 g/mol. The number of carbonyl (C=O) groups is 1. The first-order valence-corrected chi connectivity index (χ1v) is 5.51. The maximum atomic E-state index is 10.8. The zero-order chi connectivity index (χ0) is 13.1. The average molecular weight is 246 g/mol. The molecule has 0 radical (unpaired) electrons. The molecule has 2 rings (SSSR count). The molecule has 0 atom stereocenters. The Morgan fingerprint density at radius 1 is 1.44 bits per heavy atom. The molecule has 0 amide bonds. The van der Waals surface area contributed by atoms with Crippen LogP contribution in [0.5, 0.6) is 5.75 Å². The van der Waals surface area contributed by atoms with Crippen molar-refractivity contribution in [2.75, 3.05) is 7.11 Å². The van der Waals surface area contributed by atoms with Gasteiger partial charge in [-0.15, -0.1) is 0 Å². The number of rotatable bonds is 4. The molecule has 0 spiro atoms. The van der Waals surface area contributed by atoms with Gasteiger partial charge in [-0.2, -0.15) is 5.10 Å². The summed E-state index contributed by atoms with van der Waals surface area (Å²) in [7, 11) is 1.58. The van der Waals surface area contributed by atoms with E-state index in [1.807, 2.05) is 25.1 Å². The number of carboxylic acid groups (broad SMARTS) is 1. The molecule has 5 nitrogen and oxygen atoms in total. The van der Waals surface area contributed by atoms with Crippen LogP contribution < -0.4 is 4.74 Å². The first kappa shape index (κ1) is 12.2. The van der Waals surface area contributed by atoms with Gasteiger partial charge in [0.25, 0.3) is 0 Å². The van der Waals surface area contributed by atoms with E-state index in [0.29, 0.717) is 11.4 Å². The summed E-state index contributed by atoms with van der Waals surface area (Å²) in [6.07, 6.45) is 1.51. The van der Waals surface area contributed by atoms with Crippen LogP contribution in [0.3, 0.4) is 0 Å². The predicted octanol–water partition coefficient (Wildman–Crippen LogP) is 1.82. The van der Waals surface area contributed by atoms with Gasteiger partial charge < -0.3 is 9.84 Å². The van der Waals surface area contributed by atoms with Gasteiger partial charge in [0.2, 0.25) is 0 Å². The van der Waals surface area contributed by atoms with Crippen molar-refractivity contribution in [2.24, 2.45) is 0 Å². The number of nitrogens with zero attached hydrogens (tertiary/aromatic N) is 2. The van der Waals surface area contributed by atoms with Gasteiger partial charge in [0.15, 0.2) is 0 Å². The van der Waals surface area contributed by atoms with Gasteiger partial charge in [-0.05, 0) is 30.7 Å².